The van der Waals surface area contributed by atoms with Crippen LogP contribution < -0.4 is 18.5 Å². The summed E-state index contributed by atoms with van der Waals surface area (Å²) in [6.07, 6.45) is 0. The van der Waals surface area contributed by atoms with Crippen molar-refractivity contribution in [1.82, 2.24) is 9.80 Å². The van der Waals surface area contributed by atoms with Crippen LogP contribution in [0.4, 0.5) is 11.4 Å². The van der Waals surface area contributed by atoms with Crippen molar-refractivity contribution in [2.75, 3.05) is 50.9 Å². The van der Waals surface area contributed by atoms with E-state index in [9.17, 15) is 23.3 Å². The topological polar surface area (TPSA) is 132 Å². The lowest BCUT2D eigenvalue weighted by Crippen LogP contribution is -2.51. The molecule has 0 unspecified atom stereocenters. The first-order valence-corrected chi connectivity index (χ1v) is 14.9. The monoisotopic (exact) mass is 616 g/mol. The smallest absolute Gasteiger partial charge is 0.273 e. The predicted molar refractivity (Wildman–Crippen MR) is 155 cm³/mol. The molecule has 0 saturated carbocycles. The first-order valence-electron chi connectivity index (χ1n) is 13.1. The van der Waals surface area contributed by atoms with E-state index in [4.69, 9.17) is 25.8 Å². The molecule has 14 heteroatoms. The molecule has 42 heavy (non-hydrogen) atoms. The first kappa shape index (κ1) is 29.4. The molecule has 0 atom stereocenters. The second-order valence-electron chi connectivity index (χ2n) is 9.88. The highest BCUT2D eigenvalue weighted by Gasteiger charge is 2.33. The molecule has 2 aliphatic rings. The van der Waals surface area contributed by atoms with E-state index >= 15 is 0 Å². The van der Waals surface area contributed by atoms with Gasteiger partial charge < -0.3 is 19.1 Å². The average molecular weight is 617 g/mol. The molecular weight excluding hydrogens is 588 g/mol. The SMILES string of the molecule is COc1ccc(Cl)cc1N(CC(=O)N1CCN(Cc2ccc3c(c2)OCO3)CC1)S(=O)(=O)c1ccc(C)c([N+](=O)[O-])c1. The van der Waals surface area contributed by atoms with Crippen molar-refractivity contribution in [2.45, 2.75) is 18.4 Å². The summed E-state index contributed by atoms with van der Waals surface area (Å²) in [6.45, 7) is 3.76. The van der Waals surface area contributed by atoms with Crippen molar-refractivity contribution in [2.24, 2.45) is 0 Å². The van der Waals surface area contributed by atoms with Crippen LogP contribution in [0, 0.1) is 17.0 Å². The Balaban J connectivity index is 1.36. The zero-order valence-corrected chi connectivity index (χ0v) is 24.6. The molecule has 0 N–H and O–H groups in total. The molecule has 5 rings (SSSR count). The number of methoxy groups -OCH3 is 1. The van der Waals surface area contributed by atoms with Crippen LogP contribution in [0.1, 0.15) is 11.1 Å². The molecule has 0 spiro atoms. The maximum atomic E-state index is 14.0. The lowest BCUT2D eigenvalue weighted by molar-refractivity contribution is -0.385. The third kappa shape index (κ3) is 6.08. The van der Waals surface area contributed by atoms with E-state index < -0.39 is 27.4 Å². The molecule has 3 aromatic carbocycles. The number of nitro benzene ring substituents is 1. The van der Waals surface area contributed by atoms with E-state index in [1.54, 1.807) is 4.90 Å². The normalized spacial score (nSPS) is 15.0. The molecule has 2 heterocycles. The number of rotatable bonds is 9. The van der Waals surface area contributed by atoms with Gasteiger partial charge in [0.25, 0.3) is 15.7 Å². The summed E-state index contributed by atoms with van der Waals surface area (Å²) in [4.78, 5) is 27.9. The van der Waals surface area contributed by atoms with Crippen LogP contribution in [0.3, 0.4) is 0 Å². The number of anilines is 1. The molecule has 1 saturated heterocycles. The van der Waals surface area contributed by atoms with Gasteiger partial charge in [-0.3, -0.25) is 24.1 Å². The number of carbonyl (C=O) groups is 1. The lowest BCUT2D eigenvalue weighted by Gasteiger charge is -2.36. The number of hydrogen-bond acceptors (Lipinski definition) is 9. The summed E-state index contributed by atoms with van der Waals surface area (Å²) in [6, 6.07) is 13.8. The van der Waals surface area contributed by atoms with Gasteiger partial charge in [-0.15, -0.1) is 0 Å². The largest absolute Gasteiger partial charge is 0.495 e. The highest BCUT2D eigenvalue weighted by molar-refractivity contribution is 7.92. The highest BCUT2D eigenvalue weighted by atomic mass is 35.5. The fraction of sp³-hybridized carbons (Fsp3) is 0.321. The number of sulfonamides is 1. The molecule has 2 aliphatic heterocycles. The molecule has 12 nitrogen and oxygen atoms in total. The fourth-order valence-corrected chi connectivity index (χ4v) is 6.51. The minimum absolute atomic E-state index is 0.0445. The van der Waals surface area contributed by atoms with E-state index in [-0.39, 0.29) is 33.8 Å². The van der Waals surface area contributed by atoms with E-state index in [1.807, 2.05) is 18.2 Å². The standard InChI is InChI=1S/C28H29ClN4O8S/c1-19-3-6-22(15-23(19)33(35)36)42(37,38)32(24-14-21(29)5-8-25(24)39-2)17-28(34)31-11-9-30(10-12-31)16-20-4-7-26-27(13-20)41-18-40-26/h3-8,13-15H,9-12,16-18H2,1-2H3. The van der Waals surface area contributed by atoms with Gasteiger partial charge in [0.15, 0.2) is 11.5 Å². The van der Waals surface area contributed by atoms with Crippen LogP contribution in [0.15, 0.2) is 59.5 Å². The van der Waals surface area contributed by atoms with Crippen LogP contribution in [-0.4, -0.2) is 75.7 Å². The van der Waals surface area contributed by atoms with E-state index in [0.29, 0.717) is 49.8 Å². The Bertz CT molecular complexity index is 1630. The van der Waals surface area contributed by atoms with Crippen molar-refractivity contribution in [3.8, 4) is 17.2 Å². The van der Waals surface area contributed by atoms with Gasteiger partial charge in [0.2, 0.25) is 12.7 Å². The van der Waals surface area contributed by atoms with Crippen molar-refractivity contribution in [3.05, 3.63) is 80.9 Å². The molecule has 222 valence electrons. The number of hydrogen-bond donors (Lipinski definition) is 0. The Kier molecular flexibility index (Phi) is 8.43. The highest BCUT2D eigenvalue weighted by Crippen LogP contribution is 2.36. The van der Waals surface area contributed by atoms with Gasteiger partial charge in [-0.05, 0) is 48.9 Å². The van der Waals surface area contributed by atoms with Gasteiger partial charge in [-0.1, -0.05) is 23.7 Å². The zero-order chi connectivity index (χ0) is 30.0. The number of ether oxygens (including phenoxy) is 3. The molecule has 0 aliphatic carbocycles. The number of nitro groups is 1. The van der Waals surface area contributed by atoms with Gasteiger partial charge in [0, 0.05) is 49.4 Å². The molecule has 0 radical (unpaired) electrons. The van der Waals surface area contributed by atoms with Gasteiger partial charge >= 0.3 is 0 Å². The van der Waals surface area contributed by atoms with Gasteiger partial charge in [-0.25, -0.2) is 8.42 Å². The Labute approximate surface area is 248 Å². The molecule has 1 amide bonds. The second kappa shape index (κ2) is 12.0. The van der Waals surface area contributed by atoms with Crippen molar-refractivity contribution < 1.29 is 32.3 Å². The Morgan fingerprint density at radius 1 is 1.05 bits per heavy atom. The third-order valence-corrected chi connectivity index (χ3v) is 9.21. The minimum Gasteiger partial charge on any atom is -0.495 e. The summed E-state index contributed by atoms with van der Waals surface area (Å²) in [7, 11) is -3.09. The maximum Gasteiger partial charge on any atom is 0.273 e. The number of fused-ring (bicyclic) bond motifs is 1. The minimum atomic E-state index is -4.46. The van der Waals surface area contributed by atoms with Crippen LogP contribution in [-0.2, 0) is 21.4 Å². The molecular formula is C28H29ClN4O8S. The molecule has 0 aromatic heterocycles. The van der Waals surface area contributed by atoms with E-state index in [0.717, 1.165) is 15.9 Å². The maximum absolute atomic E-state index is 14.0. The zero-order valence-electron chi connectivity index (χ0n) is 23.0. The van der Waals surface area contributed by atoms with Crippen LogP contribution in [0.2, 0.25) is 5.02 Å². The van der Waals surface area contributed by atoms with Crippen LogP contribution in [0.25, 0.3) is 0 Å². The predicted octanol–water partition coefficient (Wildman–Crippen LogP) is 3.83. The molecule has 0 bridgehead atoms. The summed E-state index contributed by atoms with van der Waals surface area (Å²) < 4.78 is 45.0. The van der Waals surface area contributed by atoms with Crippen LogP contribution in [0.5, 0.6) is 17.2 Å². The number of aryl methyl sites for hydroxylation is 1. The fourth-order valence-electron chi connectivity index (χ4n) is 4.91. The van der Waals surface area contributed by atoms with E-state index in [2.05, 4.69) is 4.90 Å². The summed E-state index contributed by atoms with van der Waals surface area (Å²) in [5, 5.41) is 11.8. The van der Waals surface area contributed by atoms with E-state index in [1.165, 1.54) is 44.4 Å². The number of piperazine rings is 1. The summed E-state index contributed by atoms with van der Waals surface area (Å²) in [5.41, 5.74) is 1.05. The molecule has 3 aromatic rings. The van der Waals surface area contributed by atoms with Gasteiger partial charge in [0.05, 0.1) is 22.6 Å². The average Bonchev–Trinajstić information content (AvgIpc) is 3.44. The van der Waals surface area contributed by atoms with Crippen molar-refractivity contribution in [3.63, 3.8) is 0 Å². The Morgan fingerprint density at radius 2 is 1.79 bits per heavy atom. The Hall–Kier alpha value is -4.07. The first-order chi connectivity index (χ1) is 20.1. The molecule has 1 fully saturated rings. The van der Waals surface area contributed by atoms with Gasteiger partial charge in [-0.2, -0.15) is 0 Å². The van der Waals surface area contributed by atoms with Crippen LogP contribution >= 0.6 is 11.6 Å². The number of nitrogens with zero attached hydrogens (tertiary/aromatic N) is 4. The quantitative estimate of drug-likeness (QED) is 0.260. The number of halogens is 1. The second-order valence-corrected chi connectivity index (χ2v) is 12.2. The van der Waals surface area contributed by atoms with Crippen molar-refractivity contribution >= 4 is 38.9 Å². The van der Waals surface area contributed by atoms with Gasteiger partial charge in [0.1, 0.15) is 12.3 Å². The summed E-state index contributed by atoms with van der Waals surface area (Å²) in [5.74, 6) is 1.17. The number of amides is 1. The number of benzene rings is 3. The number of carbonyl (C=O) groups excluding carboxylic acids is 1. The third-order valence-electron chi connectivity index (χ3n) is 7.22. The van der Waals surface area contributed by atoms with Crippen molar-refractivity contribution in [1.29, 1.82) is 0 Å². The summed E-state index contributed by atoms with van der Waals surface area (Å²) >= 11 is 6.22. The Morgan fingerprint density at radius 3 is 2.50 bits per heavy atom. The lowest BCUT2D eigenvalue weighted by atomic mass is 10.1.